The molecule has 28 heavy (non-hydrogen) atoms. The first kappa shape index (κ1) is 20.1. The summed E-state index contributed by atoms with van der Waals surface area (Å²) in [5.74, 6) is 0.180. The monoisotopic (exact) mass is 378 g/mol. The highest BCUT2D eigenvalue weighted by atomic mass is 16.2. The highest BCUT2D eigenvalue weighted by Crippen LogP contribution is 2.35. The number of nitrogens with one attached hydrogen (secondary N) is 1. The molecule has 4 heteroatoms. The van der Waals surface area contributed by atoms with Gasteiger partial charge in [-0.25, -0.2) is 0 Å². The minimum atomic E-state index is -0.552. The summed E-state index contributed by atoms with van der Waals surface area (Å²) < 4.78 is 0. The molecule has 3 rings (SSSR count). The van der Waals surface area contributed by atoms with Crippen molar-refractivity contribution in [3.8, 4) is 11.1 Å². The minimum Gasteiger partial charge on any atom is -0.353 e. The van der Waals surface area contributed by atoms with Gasteiger partial charge in [-0.2, -0.15) is 0 Å². The Hall–Kier alpha value is -2.62. The molecule has 0 spiro atoms. The van der Waals surface area contributed by atoms with E-state index in [0.29, 0.717) is 32.4 Å². The second-order valence-corrected chi connectivity index (χ2v) is 8.07. The SMILES string of the molecule is CCC(=O)N1CC[C@@](Cc2ccc(-c3ccccc3)cc2)(C(=O)NC(C)C)C1. The number of hydrogen-bond donors (Lipinski definition) is 1. The Kier molecular flexibility index (Phi) is 6.18. The average Bonchev–Trinajstić information content (AvgIpc) is 3.13. The fourth-order valence-electron chi connectivity index (χ4n) is 3.97. The summed E-state index contributed by atoms with van der Waals surface area (Å²) in [6, 6.07) is 18.8. The van der Waals surface area contributed by atoms with Crippen molar-refractivity contribution in [3.05, 3.63) is 60.2 Å². The molecule has 148 valence electrons. The smallest absolute Gasteiger partial charge is 0.228 e. The number of likely N-dealkylation sites (tertiary alicyclic amines) is 1. The molecule has 1 saturated heterocycles. The summed E-state index contributed by atoms with van der Waals surface area (Å²) in [7, 11) is 0. The van der Waals surface area contributed by atoms with Crippen LogP contribution in [0.2, 0.25) is 0 Å². The van der Waals surface area contributed by atoms with Crippen LogP contribution < -0.4 is 5.32 Å². The van der Waals surface area contributed by atoms with Crippen LogP contribution in [0, 0.1) is 5.41 Å². The van der Waals surface area contributed by atoms with Crippen molar-refractivity contribution >= 4 is 11.8 Å². The van der Waals surface area contributed by atoms with E-state index in [1.807, 2.05) is 43.9 Å². The van der Waals surface area contributed by atoms with Crippen molar-refractivity contribution in [1.82, 2.24) is 10.2 Å². The number of carbonyl (C=O) groups excluding carboxylic acids is 2. The van der Waals surface area contributed by atoms with E-state index < -0.39 is 5.41 Å². The van der Waals surface area contributed by atoms with E-state index in [1.54, 1.807) is 0 Å². The lowest BCUT2D eigenvalue weighted by atomic mass is 9.79. The summed E-state index contributed by atoms with van der Waals surface area (Å²) in [5, 5.41) is 3.08. The molecule has 1 N–H and O–H groups in total. The number of nitrogens with zero attached hydrogens (tertiary/aromatic N) is 1. The maximum Gasteiger partial charge on any atom is 0.228 e. The molecule has 0 aromatic heterocycles. The van der Waals surface area contributed by atoms with E-state index >= 15 is 0 Å². The molecule has 0 aliphatic carbocycles. The van der Waals surface area contributed by atoms with Gasteiger partial charge in [0.25, 0.3) is 0 Å². The second-order valence-electron chi connectivity index (χ2n) is 8.07. The van der Waals surface area contributed by atoms with Gasteiger partial charge in [0.05, 0.1) is 5.41 Å². The Balaban J connectivity index is 1.82. The van der Waals surface area contributed by atoms with Crippen LogP contribution in [0.5, 0.6) is 0 Å². The number of rotatable bonds is 6. The van der Waals surface area contributed by atoms with Crippen LogP contribution >= 0.6 is 0 Å². The quantitative estimate of drug-likeness (QED) is 0.824. The van der Waals surface area contributed by atoms with E-state index in [0.717, 1.165) is 5.56 Å². The lowest BCUT2D eigenvalue weighted by Gasteiger charge is -2.29. The van der Waals surface area contributed by atoms with Gasteiger partial charge < -0.3 is 10.2 Å². The van der Waals surface area contributed by atoms with E-state index in [2.05, 4.69) is 41.7 Å². The molecule has 1 atom stereocenters. The third-order valence-electron chi connectivity index (χ3n) is 5.51. The van der Waals surface area contributed by atoms with Crippen LogP contribution in [0.1, 0.15) is 39.2 Å². The molecule has 0 unspecified atom stereocenters. The molecule has 1 fully saturated rings. The maximum absolute atomic E-state index is 13.1. The van der Waals surface area contributed by atoms with Crippen LogP contribution in [-0.2, 0) is 16.0 Å². The van der Waals surface area contributed by atoms with Crippen molar-refractivity contribution in [2.75, 3.05) is 13.1 Å². The van der Waals surface area contributed by atoms with Crippen LogP contribution in [0.4, 0.5) is 0 Å². The summed E-state index contributed by atoms with van der Waals surface area (Å²) in [4.78, 5) is 27.1. The minimum absolute atomic E-state index is 0.0565. The Morgan fingerprint density at radius 2 is 1.68 bits per heavy atom. The Morgan fingerprint density at radius 1 is 1.04 bits per heavy atom. The van der Waals surface area contributed by atoms with Crippen molar-refractivity contribution in [3.63, 3.8) is 0 Å². The zero-order valence-corrected chi connectivity index (χ0v) is 17.1. The first-order chi connectivity index (χ1) is 13.4. The van der Waals surface area contributed by atoms with Crippen molar-refractivity contribution < 1.29 is 9.59 Å². The van der Waals surface area contributed by atoms with Gasteiger partial charge in [0.2, 0.25) is 11.8 Å². The third-order valence-corrected chi connectivity index (χ3v) is 5.51. The van der Waals surface area contributed by atoms with Gasteiger partial charge in [-0.15, -0.1) is 0 Å². The van der Waals surface area contributed by atoms with Crippen molar-refractivity contribution in [1.29, 1.82) is 0 Å². The maximum atomic E-state index is 13.1. The molecule has 1 aliphatic rings. The van der Waals surface area contributed by atoms with E-state index in [9.17, 15) is 9.59 Å². The Bertz CT molecular complexity index is 814. The third kappa shape index (κ3) is 4.44. The topological polar surface area (TPSA) is 49.4 Å². The molecular weight excluding hydrogens is 348 g/mol. The summed E-state index contributed by atoms with van der Waals surface area (Å²) in [6.07, 6.45) is 1.83. The molecular formula is C24H30N2O2. The molecule has 0 radical (unpaired) electrons. The summed E-state index contributed by atoms with van der Waals surface area (Å²) in [5.41, 5.74) is 2.93. The average molecular weight is 379 g/mol. The second kappa shape index (κ2) is 8.59. The molecule has 4 nitrogen and oxygen atoms in total. The lowest BCUT2D eigenvalue weighted by Crippen LogP contribution is -2.47. The number of amides is 2. The first-order valence-electron chi connectivity index (χ1n) is 10.2. The highest BCUT2D eigenvalue weighted by molar-refractivity contribution is 5.86. The number of carbonyl (C=O) groups is 2. The normalized spacial score (nSPS) is 19.1. The Labute approximate surface area is 167 Å². The van der Waals surface area contributed by atoms with E-state index in [1.165, 1.54) is 11.1 Å². The highest BCUT2D eigenvalue weighted by Gasteiger charge is 2.45. The lowest BCUT2D eigenvalue weighted by molar-refractivity contribution is -0.133. The first-order valence-corrected chi connectivity index (χ1v) is 10.2. The van der Waals surface area contributed by atoms with Crippen LogP contribution in [0.15, 0.2) is 54.6 Å². The van der Waals surface area contributed by atoms with Gasteiger partial charge >= 0.3 is 0 Å². The molecule has 1 heterocycles. The summed E-state index contributed by atoms with van der Waals surface area (Å²) >= 11 is 0. The van der Waals surface area contributed by atoms with Gasteiger partial charge in [-0.05, 0) is 43.4 Å². The fraction of sp³-hybridized carbons (Fsp3) is 0.417. The number of benzene rings is 2. The molecule has 0 saturated carbocycles. The predicted octanol–water partition coefficient (Wildman–Crippen LogP) is 4.05. The van der Waals surface area contributed by atoms with Crippen LogP contribution in [-0.4, -0.2) is 35.8 Å². The van der Waals surface area contributed by atoms with Gasteiger partial charge in [0.1, 0.15) is 0 Å². The molecule has 2 amide bonds. The fourth-order valence-corrected chi connectivity index (χ4v) is 3.97. The van der Waals surface area contributed by atoms with Gasteiger partial charge in [-0.3, -0.25) is 9.59 Å². The van der Waals surface area contributed by atoms with E-state index in [-0.39, 0.29) is 17.9 Å². The zero-order valence-electron chi connectivity index (χ0n) is 17.1. The van der Waals surface area contributed by atoms with Crippen molar-refractivity contribution in [2.24, 2.45) is 5.41 Å². The van der Waals surface area contributed by atoms with Crippen LogP contribution in [0.3, 0.4) is 0 Å². The van der Waals surface area contributed by atoms with Crippen molar-refractivity contribution in [2.45, 2.75) is 46.1 Å². The van der Waals surface area contributed by atoms with Crippen LogP contribution in [0.25, 0.3) is 11.1 Å². The van der Waals surface area contributed by atoms with Gasteiger partial charge in [-0.1, -0.05) is 61.5 Å². The largest absolute Gasteiger partial charge is 0.353 e. The van der Waals surface area contributed by atoms with Gasteiger partial charge in [0.15, 0.2) is 0 Å². The van der Waals surface area contributed by atoms with E-state index in [4.69, 9.17) is 0 Å². The molecule has 2 aromatic rings. The molecule has 1 aliphatic heterocycles. The molecule has 2 aromatic carbocycles. The standard InChI is InChI=1S/C24H30N2O2/c1-4-22(27)26-15-14-24(17-26,23(28)25-18(2)3)16-19-10-12-21(13-11-19)20-8-6-5-7-9-20/h5-13,18H,4,14-17H2,1-3H3,(H,25,28)/t24-/m0/s1. The predicted molar refractivity (Wildman–Crippen MR) is 113 cm³/mol. The summed E-state index contributed by atoms with van der Waals surface area (Å²) in [6.45, 7) is 6.98. The van der Waals surface area contributed by atoms with Gasteiger partial charge in [0, 0.05) is 25.6 Å². The number of hydrogen-bond acceptors (Lipinski definition) is 2. The Morgan fingerprint density at radius 3 is 2.29 bits per heavy atom. The molecule has 0 bridgehead atoms. The zero-order chi connectivity index (χ0) is 20.1.